The van der Waals surface area contributed by atoms with E-state index in [-0.39, 0.29) is 0 Å². The molecular formula is C12H13NO3S2. The molecule has 0 spiro atoms. The van der Waals surface area contributed by atoms with Gasteiger partial charge in [0.25, 0.3) is 0 Å². The SMILES string of the molecule is COc1cc(OC)c(-c2csc(=S)[nH]2)cc1OC. The lowest BCUT2D eigenvalue weighted by Gasteiger charge is -2.13. The van der Waals surface area contributed by atoms with Crippen LogP contribution >= 0.6 is 23.6 Å². The van der Waals surface area contributed by atoms with Crippen molar-refractivity contribution >= 4 is 23.6 Å². The van der Waals surface area contributed by atoms with Crippen LogP contribution in [0.4, 0.5) is 0 Å². The largest absolute Gasteiger partial charge is 0.496 e. The summed E-state index contributed by atoms with van der Waals surface area (Å²) in [6.45, 7) is 0. The molecule has 2 aromatic rings. The van der Waals surface area contributed by atoms with Gasteiger partial charge in [-0.25, -0.2) is 0 Å². The normalized spacial score (nSPS) is 10.2. The van der Waals surface area contributed by atoms with Crippen molar-refractivity contribution in [1.29, 1.82) is 0 Å². The second kappa shape index (κ2) is 5.41. The highest BCUT2D eigenvalue weighted by Gasteiger charge is 2.14. The highest BCUT2D eigenvalue weighted by Crippen LogP contribution is 2.39. The Balaban J connectivity index is 2.62. The van der Waals surface area contributed by atoms with Crippen molar-refractivity contribution < 1.29 is 14.2 Å². The summed E-state index contributed by atoms with van der Waals surface area (Å²) in [5, 5.41) is 1.95. The fourth-order valence-corrected chi connectivity index (χ4v) is 2.49. The first-order chi connectivity index (χ1) is 8.69. The minimum absolute atomic E-state index is 0.631. The average Bonchev–Trinajstić information content (AvgIpc) is 2.83. The molecule has 2 rings (SSSR count). The van der Waals surface area contributed by atoms with Crippen molar-refractivity contribution in [3.63, 3.8) is 0 Å². The average molecular weight is 283 g/mol. The van der Waals surface area contributed by atoms with Gasteiger partial charge < -0.3 is 19.2 Å². The topological polar surface area (TPSA) is 43.5 Å². The highest BCUT2D eigenvalue weighted by atomic mass is 32.1. The molecular weight excluding hydrogens is 270 g/mol. The molecule has 0 fully saturated rings. The second-order valence-electron chi connectivity index (χ2n) is 3.47. The number of nitrogens with one attached hydrogen (secondary N) is 1. The summed E-state index contributed by atoms with van der Waals surface area (Å²) in [6.07, 6.45) is 0. The summed E-state index contributed by atoms with van der Waals surface area (Å²) in [5.74, 6) is 1.99. The molecule has 1 N–H and O–H groups in total. The summed E-state index contributed by atoms with van der Waals surface area (Å²) in [6, 6.07) is 3.66. The minimum atomic E-state index is 0.631. The molecule has 0 aliphatic rings. The lowest BCUT2D eigenvalue weighted by atomic mass is 10.1. The minimum Gasteiger partial charge on any atom is -0.496 e. The highest BCUT2D eigenvalue weighted by molar-refractivity contribution is 7.73. The third-order valence-corrected chi connectivity index (χ3v) is 3.58. The van der Waals surface area contributed by atoms with Gasteiger partial charge in [0.2, 0.25) is 0 Å². The predicted octanol–water partition coefficient (Wildman–Crippen LogP) is 3.50. The zero-order valence-corrected chi connectivity index (χ0v) is 11.9. The number of rotatable bonds is 4. The van der Waals surface area contributed by atoms with Crippen molar-refractivity contribution in [3.8, 4) is 28.5 Å². The first kappa shape index (κ1) is 12.9. The van der Waals surface area contributed by atoms with E-state index in [2.05, 4.69) is 4.98 Å². The van der Waals surface area contributed by atoms with Gasteiger partial charge in [0.1, 0.15) is 5.75 Å². The Hall–Kier alpha value is -1.53. The summed E-state index contributed by atoms with van der Waals surface area (Å²) < 4.78 is 16.6. The summed E-state index contributed by atoms with van der Waals surface area (Å²) in [4.78, 5) is 3.11. The van der Waals surface area contributed by atoms with E-state index in [0.29, 0.717) is 17.2 Å². The maximum absolute atomic E-state index is 5.37. The van der Waals surface area contributed by atoms with Crippen LogP contribution in [0.25, 0.3) is 11.3 Å². The second-order valence-corrected chi connectivity index (χ2v) is 5.02. The molecule has 0 atom stereocenters. The Morgan fingerprint density at radius 1 is 1.00 bits per heavy atom. The van der Waals surface area contributed by atoms with Gasteiger partial charge in [-0.1, -0.05) is 0 Å². The number of aromatic amines is 1. The van der Waals surface area contributed by atoms with Crippen LogP contribution in [0.2, 0.25) is 0 Å². The summed E-state index contributed by atoms with van der Waals surface area (Å²) in [5.41, 5.74) is 1.80. The van der Waals surface area contributed by atoms with Crippen LogP contribution in [0.15, 0.2) is 17.5 Å². The smallest absolute Gasteiger partial charge is 0.164 e. The van der Waals surface area contributed by atoms with E-state index in [9.17, 15) is 0 Å². The van der Waals surface area contributed by atoms with Crippen molar-refractivity contribution in [2.75, 3.05) is 21.3 Å². The molecule has 18 heavy (non-hydrogen) atoms. The quantitative estimate of drug-likeness (QED) is 0.872. The number of aromatic nitrogens is 1. The first-order valence-corrected chi connectivity index (χ1v) is 6.46. The van der Waals surface area contributed by atoms with Crippen LogP contribution in [-0.4, -0.2) is 26.3 Å². The number of hydrogen-bond donors (Lipinski definition) is 1. The molecule has 0 bridgehead atoms. The van der Waals surface area contributed by atoms with E-state index in [4.69, 9.17) is 26.4 Å². The number of benzene rings is 1. The molecule has 0 amide bonds. The van der Waals surface area contributed by atoms with Crippen LogP contribution in [-0.2, 0) is 0 Å². The van der Waals surface area contributed by atoms with E-state index in [0.717, 1.165) is 15.2 Å². The number of ether oxygens (including phenoxy) is 3. The molecule has 0 radical (unpaired) electrons. The molecule has 1 aromatic heterocycles. The van der Waals surface area contributed by atoms with Crippen LogP contribution in [0.5, 0.6) is 17.2 Å². The van der Waals surface area contributed by atoms with Crippen LogP contribution in [0.1, 0.15) is 0 Å². The Morgan fingerprint density at radius 3 is 2.11 bits per heavy atom. The monoisotopic (exact) mass is 283 g/mol. The van der Waals surface area contributed by atoms with Crippen LogP contribution < -0.4 is 14.2 Å². The van der Waals surface area contributed by atoms with Crippen molar-refractivity contribution in [1.82, 2.24) is 4.98 Å². The van der Waals surface area contributed by atoms with Gasteiger partial charge in [-0.15, -0.1) is 11.3 Å². The van der Waals surface area contributed by atoms with Gasteiger partial charge in [0, 0.05) is 17.0 Å². The zero-order chi connectivity index (χ0) is 13.1. The first-order valence-electron chi connectivity index (χ1n) is 5.17. The third-order valence-electron chi connectivity index (χ3n) is 2.52. The van der Waals surface area contributed by atoms with Crippen molar-refractivity contribution in [2.45, 2.75) is 0 Å². The standard InChI is InChI=1S/C12H13NO3S2/c1-14-9-5-11(16-3)10(15-2)4-7(9)8-6-18-12(17)13-8/h4-6H,1-3H3,(H,13,17). The third kappa shape index (κ3) is 2.34. The molecule has 1 heterocycles. The molecule has 0 unspecified atom stereocenters. The molecule has 6 heteroatoms. The Bertz CT molecular complexity index is 604. The van der Waals surface area contributed by atoms with Crippen LogP contribution in [0, 0.1) is 3.95 Å². The van der Waals surface area contributed by atoms with E-state index < -0.39 is 0 Å². The van der Waals surface area contributed by atoms with E-state index >= 15 is 0 Å². The van der Waals surface area contributed by atoms with Gasteiger partial charge in [-0.3, -0.25) is 0 Å². The Morgan fingerprint density at radius 2 is 1.61 bits per heavy atom. The molecule has 0 aliphatic heterocycles. The van der Waals surface area contributed by atoms with Gasteiger partial charge in [-0.2, -0.15) is 0 Å². The molecule has 0 saturated carbocycles. The van der Waals surface area contributed by atoms with Gasteiger partial charge in [-0.05, 0) is 18.3 Å². The molecule has 96 valence electrons. The number of hydrogen-bond acceptors (Lipinski definition) is 5. The van der Waals surface area contributed by atoms with Gasteiger partial charge in [0.15, 0.2) is 15.5 Å². The van der Waals surface area contributed by atoms with Crippen molar-refractivity contribution in [2.24, 2.45) is 0 Å². The van der Waals surface area contributed by atoms with Crippen LogP contribution in [0.3, 0.4) is 0 Å². The molecule has 0 saturated heterocycles. The molecule has 4 nitrogen and oxygen atoms in total. The fourth-order valence-electron chi connectivity index (χ4n) is 1.65. The number of H-pyrrole nitrogens is 1. The van der Waals surface area contributed by atoms with Gasteiger partial charge >= 0.3 is 0 Å². The Kier molecular flexibility index (Phi) is 3.88. The number of thiazole rings is 1. The lowest BCUT2D eigenvalue weighted by molar-refractivity contribution is 0.349. The van der Waals surface area contributed by atoms with E-state index in [1.165, 1.54) is 11.3 Å². The maximum Gasteiger partial charge on any atom is 0.164 e. The zero-order valence-electron chi connectivity index (χ0n) is 10.3. The Labute approximate surface area is 114 Å². The summed E-state index contributed by atoms with van der Waals surface area (Å²) >= 11 is 6.56. The van der Waals surface area contributed by atoms with E-state index in [1.807, 2.05) is 11.4 Å². The molecule has 0 aliphatic carbocycles. The van der Waals surface area contributed by atoms with Gasteiger partial charge in [0.05, 0.1) is 27.0 Å². The predicted molar refractivity (Wildman–Crippen MR) is 74.6 cm³/mol. The van der Waals surface area contributed by atoms with Crippen molar-refractivity contribution in [3.05, 3.63) is 21.5 Å². The number of methoxy groups -OCH3 is 3. The molecule has 1 aromatic carbocycles. The van der Waals surface area contributed by atoms with E-state index in [1.54, 1.807) is 27.4 Å². The fraction of sp³-hybridized carbons (Fsp3) is 0.250. The lowest BCUT2D eigenvalue weighted by Crippen LogP contribution is -1.94. The maximum atomic E-state index is 5.37. The summed E-state index contributed by atoms with van der Waals surface area (Å²) in [7, 11) is 4.81.